The van der Waals surface area contributed by atoms with Crippen LogP contribution in [0.1, 0.15) is 28.2 Å². The Balaban J connectivity index is 1.55. The van der Waals surface area contributed by atoms with Crippen molar-refractivity contribution in [1.29, 1.82) is 0 Å². The third-order valence-corrected chi connectivity index (χ3v) is 4.66. The minimum atomic E-state index is -0.0578. The molecule has 120 valence electrons. The quantitative estimate of drug-likeness (QED) is 0.793. The van der Waals surface area contributed by atoms with Crippen LogP contribution in [-0.4, -0.2) is 62.5 Å². The molecule has 2 aromatic rings. The molecule has 2 aliphatic heterocycles. The highest BCUT2D eigenvalue weighted by molar-refractivity contribution is 5.94. The summed E-state index contributed by atoms with van der Waals surface area (Å²) in [7, 11) is 1.80. The Labute approximate surface area is 132 Å². The molecular weight excluding hydrogens is 298 g/mol. The van der Waals surface area contributed by atoms with Gasteiger partial charge in [-0.05, 0) is 19.1 Å². The zero-order valence-corrected chi connectivity index (χ0v) is 13.0. The summed E-state index contributed by atoms with van der Waals surface area (Å²) >= 11 is 0. The first-order valence-corrected chi connectivity index (χ1v) is 7.55. The van der Waals surface area contributed by atoms with Crippen LogP contribution in [0.2, 0.25) is 0 Å². The van der Waals surface area contributed by atoms with Crippen LogP contribution in [0.15, 0.2) is 22.9 Å². The molecule has 8 heteroatoms. The molecule has 23 heavy (non-hydrogen) atoms. The maximum absolute atomic E-state index is 12.5. The summed E-state index contributed by atoms with van der Waals surface area (Å²) in [6.07, 6.45) is 2.00. The standard InChI is InChI=1S/C15H17N5O3/c1-9-16-13(23-17-9)6-14(21)19-7-11-12(8-19)20-5-3-4-10(20)15(22)18(11)2/h3-5,11-12H,6-8H2,1-2H3. The number of fused-ring (bicyclic) bond motifs is 3. The van der Waals surface area contributed by atoms with E-state index in [2.05, 4.69) is 10.1 Å². The van der Waals surface area contributed by atoms with Gasteiger partial charge in [-0.15, -0.1) is 0 Å². The molecule has 8 nitrogen and oxygen atoms in total. The number of hydrogen-bond acceptors (Lipinski definition) is 5. The van der Waals surface area contributed by atoms with E-state index in [1.165, 1.54) is 0 Å². The van der Waals surface area contributed by atoms with Crippen LogP contribution in [0.5, 0.6) is 0 Å². The smallest absolute Gasteiger partial charge is 0.270 e. The Morgan fingerprint density at radius 1 is 1.39 bits per heavy atom. The molecule has 0 N–H and O–H groups in total. The Morgan fingerprint density at radius 3 is 2.91 bits per heavy atom. The third kappa shape index (κ3) is 2.13. The molecule has 2 aliphatic rings. The number of likely N-dealkylation sites (tertiary alicyclic amines) is 1. The molecule has 1 saturated heterocycles. The Kier molecular flexibility index (Phi) is 3.00. The van der Waals surface area contributed by atoms with Crippen LogP contribution in [0.3, 0.4) is 0 Å². The normalized spacial score (nSPS) is 23.1. The molecule has 2 atom stereocenters. The number of amides is 2. The fourth-order valence-corrected chi connectivity index (χ4v) is 3.48. The number of rotatable bonds is 2. The fourth-order valence-electron chi connectivity index (χ4n) is 3.48. The first-order valence-electron chi connectivity index (χ1n) is 7.55. The zero-order valence-electron chi connectivity index (χ0n) is 13.0. The van der Waals surface area contributed by atoms with Gasteiger partial charge in [0.15, 0.2) is 5.82 Å². The molecular formula is C15H17N5O3. The molecule has 0 aromatic carbocycles. The van der Waals surface area contributed by atoms with Crippen molar-refractivity contribution in [3.05, 3.63) is 35.7 Å². The van der Waals surface area contributed by atoms with Gasteiger partial charge >= 0.3 is 0 Å². The second-order valence-electron chi connectivity index (χ2n) is 6.06. The van der Waals surface area contributed by atoms with Gasteiger partial charge in [0, 0.05) is 26.3 Å². The summed E-state index contributed by atoms with van der Waals surface area (Å²) in [6, 6.07) is 3.78. The summed E-state index contributed by atoms with van der Waals surface area (Å²) in [4.78, 5) is 32.4. The van der Waals surface area contributed by atoms with Gasteiger partial charge in [0.25, 0.3) is 5.91 Å². The van der Waals surface area contributed by atoms with Crippen molar-refractivity contribution in [2.45, 2.75) is 25.4 Å². The number of aryl methyl sites for hydroxylation is 1. The summed E-state index contributed by atoms with van der Waals surface area (Å²) in [5, 5.41) is 3.70. The molecule has 2 aromatic heterocycles. The van der Waals surface area contributed by atoms with Crippen molar-refractivity contribution in [2.75, 3.05) is 20.1 Å². The van der Waals surface area contributed by atoms with Crippen LogP contribution in [0.25, 0.3) is 0 Å². The topological polar surface area (TPSA) is 84.5 Å². The number of aromatic nitrogens is 3. The number of likely N-dealkylation sites (N-methyl/N-ethyl adjacent to an activating group) is 1. The van der Waals surface area contributed by atoms with Crippen LogP contribution in [-0.2, 0) is 11.2 Å². The summed E-state index contributed by atoms with van der Waals surface area (Å²) in [5.74, 6) is 0.786. The highest BCUT2D eigenvalue weighted by Gasteiger charge is 2.44. The van der Waals surface area contributed by atoms with E-state index in [0.29, 0.717) is 30.5 Å². The van der Waals surface area contributed by atoms with Gasteiger partial charge in [0.2, 0.25) is 11.8 Å². The maximum Gasteiger partial charge on any atom is 0.270 e. The first kappa shape index (κ1) is 14.0. The molecule has 0 aliphatic carbocycles. The number of nitrogens with zero attached hydrogens (tertiary/aromatic N) is 5. The second-order valence-corrected chi connectivity index (χ2v) is 6.06. The van der Waals surface area contributed by atoms with E-state index in [4.69, 9.17) is 4.52 Å². The molecule has 4 heterocycles. The molecule has 2 unspecified atom stereocenters. The average molecular weight is 315 g/mol. The molecule has 0 saturated carbocycles. The van der Waals surface area contributed by atoms with E-state index in [-0.39, 0.29) is 30.3 Å². The van der Waals surface area contributed by atoms with Crippen molar-refractivity contribution in [3.8, 4) is 0 Å². The van der Waals surface area contributed by atoms with Crippen LogP contribution < -0.4 is 0 Å². The van der Waals surface area contributed by atoms with Crippen LogP contribution in [0, 0.1) is 6.92 Å². The van der Waals surface area contributed by atoms with Gasteiger partial charge in [-0.1, -0.05) is 5.16 Å². The fraction of sp³-hybridized carbons (Fsp3) is 0.467. The molecule has 2 amide bonds. The van der Waals surface area contributed by atoms with Crippen molar-refractivity contribution < 1.29 is 14.1 Å². The van der Waals surface area contributed by atoms with Crippen molar-refractivity contribution >= 4 is 11.8 Å². The monoisotopic (exact) mass is 315 g/mol. The van der Waals surface area contributed by atoms with E-state index >= 15 is 0 Å². The maximum atomic E-state index is 12.5. The first-order chi connectivity index (χ1) is 11.0. The summed E-state index contributed by atoms with van der Waals surface area (Å²) < 4.78 is 7.00. The van der Waals surface area contributed by atoms with Gasteiger partial charge in [-0.3, -0.25) is 9.59 Å². The Hall–Kier alpha value is -2.64. The van der Waals surface area contributed by atoms with E-state index in [9.17, 15) is 9.59 Å². The van der Waals surface area contributed by atoms with Crippen molar-refractivity contribution in [3.63, 3.8) is 0 Å². The highest BCUT2D eigenvalue weighted by Crippen LogP contribution is 2.32. The van der Waals surface area contributed by atoms with E-state index in [1.807, 2.05) is 22.9 Å². The van der Waals surface area contributed by atoms with Crippen molar-refractivity contribution in [1.82, 2.24) is 24.5 Å². The second kappa shape index (κ2) is 4.94. The predicted molar refractivity (Wildman–Crippen MR) is 78.7 cm³/mol. The lowest BCUT2D eigenvalue weighted by atomic mass is 10.1. The molecule has 4 rings (SSSR count). The lowest BCUT2D eigenvalue weighted by Gasteiger charge is -2.35. The lowest BCUT2D eigenvalue weighted by Crippen LogP contribution is -2.48. The minimum Gasteiger partial charge on any atom is -0.339 e. The van der Waals surface area contributed by atoms with E-state index < -0.39 is 0 Å². The summed E-state index contributed by atoms with van der Waals surface area (Å²) in [6.45, 7) is 2.82. The summed E-state index contributed by atoms with van der Waals surface area (Å²) in [5.41, 5.74) is 0.676. The minimum absolute atomic E-state index is 0.00178. The van der Waals surface area contributed by atoms with Gasteiger partial charge < -0.3 is 18.9 Å². The van der Waals surface area contributed by atoms with Gasteiger partial charge in [-0.25, -0.2) is 0 Å². The lowest BCUT2D eigenvalue weighted by molar-refractivity contribution is -0.130. The van der Waals surface area contributed by atoms with Gasteiger partial charge in [0.1, 0.15) is 12.1 Å². The van der Waals surface area contributed by atoms with Crippen LogP contribution >= 0.6 is 0 Å². The predicted octanol–water partition coefficient (Wildman–Crippen LogP) is 0.260. The number of carbonyl (C=O) groups is 2. The van der Waals surface area contributed by atoms with Crippen LogP contribution in [0.4, 0.5) is 0 Å². The van der Waals surface area contributed by atoms with Gasteiger partial charge in [-0.2, -0.15) is 4.98 Å². The number of hydrogen-bond donors (Lipinski definition) is 0. The zero-order chi connectivity index (χ0) is 16.1. The number of carbonyl (C=O) groups excluding carboxylic acids is 2. The van der Waals surface area contributed by atoms with Gasteiger partial charge in [0.05, 0.1) is 12.1 Å². The molecule has 1 fully saturated rings. The molecule has 0 bridgehead atoms. The largest absolute Gasteiger partial charge is 0.339 e. The molecule has 0 radical (unpaired) electrons. The van der Waals surface area contributed by atoms with E-state index in [0.717, 1.165) is 0 Å². The molecule has 0 spiro atoms. The van der Waals surface area contributed by atoms with Crippen molar-refractivity contribution in [2.24, 2.45) is 0 Å². The third-order valence-electron chi connectivity index (χ3n) is 4.66. The SMILES string of the molecule is Cc1noc(CC(=O)N2CC3C(C2)n2cccc2C(=O)N3C)n1. The Bertz CT molecular complexity index is 780. The highest BCUT2D eigenvalue weighted by atomic mass is 16.5. The average Bonchev–Trinajstić information content (AvgIpc) is 3.22. The Morgan fingerprint density at radius 2 is 2.17 bits per heavy atom. The van der Waals surface area contributed by atoms with E-state index in [1.54, 1.807) is 23.8 Å².